The van der Waals surface area contributed by atoms with Crippen molar-refractivity contribution in [3.8, 4) is 0 Å². The lowest BCUT2D eigenvalue weighted by molar-refractivity contribution is -0.125. The Kier molecular flexibility index (Phi) is 12.4. The molecule has 0 radical (unpaired) electrons. The van der Waals surface area contributed by atoms with E-state index in [0.29, 0.717) is 12.8 Å². The standard InChI is InChI=1S/C4H5NO2.C2H6O2.CH2O2/c6-3-1-2-4(7)5-3;3-1-2-4;2-1-3/h1-2H2,(H,5,6,7);3-4H,1-2H2;1H,(H,2,3). The van der Waals surface area contributed by atoms with Crippen LogP contribution in [0.3, 0.4) is 0 Å². The first-order chi connectivity index (χ1) is 6.62. The van der Waals surface area contributed by atoms with Gasteiger partial charge < -0.3 is 15.3 Å². The zero-order chi connectivity index (χ0) is 11.4. The molecule has 1 saturated heterocycles. The molecule has 7 heteroatoms. The van der Waals surface area contributed by atoms with Crippen LogP contribution in [0.15, 0.2) is 0 Å². The molecule has 0 bridgehead atoms. The Morgan fingerprint density at radius 2 is 1.43 bits per heavy atom. The first kappa shape index (κ1) is 15.0. The number of amides is 2. The van der Waals surface area contributed by atoms with Crippen molar-refractivity contribution < 1.29 is 29.7 Å². The molecule has 1 fully saturated rings. The Bertz CT molecular complexity index is 165. The molecule has 0 aromatic rings. The molecule has 82 valence electrons. The van der Waals surface area contributed by atoms with E-state index in [2.05, 4.69) is 5.32 Å². The fourth-order valence-electron chi connectivity index (χ4n) is 0.508. The molecule has 0 aliphatic carbocycles. The fraction of sp³-hybridized carbons (Fsp3) is 0.571. The molecule has 1 rings (SSSR count). The summed E-state index contributed by atoms with van der Waals surface area (Å²) >= 11 is 0. The van der Waals surface area contributed by atoms with E-state index >= 15 is 0 Å². The Labute approximate surface area is 80.4 Å². The SMILES string of the molecule is O=C1CCC(=O)N1.O=CO.OCCO. The highest BCUT2D eigenvalue weighted by Crippen LogP contribution is 1.95. The van der Waals surface area contributed by atoms with Gasteiger partial charge in [-0.1, -0.05) is 0 Å². The number of rotatable bonds is 1. The van der Waals surface area contributed by atoms with E-state index in [1.165, 1.54) is 0 Å². The highest BCUT2D eigenvalue weighted by atomic mass is 16.3. The number of aliphatic hydroxyl groups is 2. The van der Waals surface area contributed by atoms with Gasteiger partial charge in [0.15, 0.2) is 0 Å². The number of nitrogens with one attached hydrogen (secondary N) is 1. The number of hydrogen-bond acceptors (Lipinski definition) is 5. The monoisotopic (exact) mass is 207 g/mol. The van der Waals surface area contributed by atoms with Gasteiger partial charge in [0.25, 0.3) is 6.47 Å². The van der Waals surface area contributed by atoms with Gasteiger partial charge in [0.05, 0.1) is 13.2 Å². The predicted octanol–water partition coefficient (Wildman–Crippen LogP) is -1.91. The number of hydrogen-bond donors (Lipinski definition) is 4. The lowest BCUT2D eigenvalue weighted by Crippen LogP contribution is -2.18. The summed E-state index contributed by atoms with van der Waals surface area (Å²) in [6.07, 6.45) is 0.748. The van der Waals surface area contributed by atoms with Crippen molar-refractivity contribution in [1.82, 2.24) is 5.32 Å². The summed E-state index contributed by atoms with van der Waals surface area (Å²) in [6.45, 7) is -0.500. The van der Waals surface area contributed by atoms with Crippen LogP contribution < -0.4 is 5.32 Å². The van der Waals surface area contributed by atoms with Crippen LogP contribution in [-0.4, -0.2) is 46.8 Å². The average molecular weight is 207 g/mol. The first-order valence-electron chi connectivity index (χ1n) is 3.74. The van der Waals surface area contributed by atoms with E-state index in [1.54, 1.807) is 0 Å². The summed E-state index contributed by atoms with van der Waals surface area (Å²) in [4.78, 5) is 28.6. The van der Waals surface area contributed by atoms with Crippen molar-refractivity contribution >= 4 is 18.3 Å². The van der Waals surface area contributed by atoms with Gasteiger partial charge in [-0.2, -0.15) is 0 Å². The smallest absolute Gasteiger partial charge is 0.290 e. The second-order valence-electron chi connectivity index (χ2n) is 2.02. The summed E-state index contributed by atoms with van der Waals surface area (Å²) < 4.78 is 0. The van der Waals surface area contributed by atoms with Crippen molar-refractivity contribution in [3.63, 3.8) is 0 Å². The maximum Gasteiger partial charge on any atom is 0.290 e. The van der Waals surface area contributed by atoms with Crippen LogP contribution in [0.25, 0.3) is 0 Å². The number of carbonyl (C=O) groups is 3. The number of carboxylic acid groups (broad SMARTS) is 1. The third-order valence-corrected chi connectivity index (χ3v) is 0.958. The highest BCUT2D eigenvalue weighted by molar-refractivity contribution is 6.01. The average Bonchev–Trinajstić information content (AvgIpc) is 2.52. The molecular formula is C7H13NO6. The van der Waals surface area contributed by atoms with Gasteiger partial charge in [0, 0.05) is 12.8 Å². The van der Waals surface area contributed by atoms with E-state index in [-0.39, 0.29) is 31.5 Å². The van der Waals surface area contributed by atoms with Gasteiger partial charge in [-0.3, -0.25) is 19.7 Å². The van der Waals surface area contributed by atoms with Crippen LogP contribution in [0.4, 0.5) is 0 Å². The molecular weight excluding hydrogens is 194 g/mol. The maximum absolute atomic E-state index is 10.1. The van der Waals surface area contributed by atoms with Crippen LogP contribution in [0, 0.1) is 0 Å². The third-order valence-electron chi connectivity index (χ3n) is 0.958. The molecule has 0 aromatic carbocycles. The number of carbonyl (C=O) groups excluding carboxylic acids is 2. The van der Waals surface area contributed by atoms with Crippen LogP contribution in [0.2, 0.25) is 0 Å². The zero-order valence-electron chi connectivity index (χ0n) is 7.47. The van der Waals surface area contributed by atoms with E-state index in [9.17, 15) is 9.59 Å². The summed E-state index contributed by atoms with van der Waals surface area (Å²) in [5.41, 5.74) is 0. The largest absolute Gasteiger partial charge is 0.483 e. The quantitative estimate of drug-likeness (QED) is 0.294. The van der Waals surface area contributed by atoms with Crippen molar-refractivity contribution in [2.24, 2.45) is 0 Å². The Morgan fingerprint density at radius 3 is 1.50 bits per heavy atom. The second kappa shape index (κ2) is 11.5. The topological polar surface area (TPSA) is 124 Å². The predicted molar refractivity (Wildman–Crippen MR) is 45.2 cm³/mol. The molecule has 2 amide bonds. The van der Waals surface area contributed by atoms with Crippen LogP contribution in [0.1, 0.15) is 12.8 Å². The molecule has 7 nitrogen and oxygen atoms in total. The zero-order valence-corrected chi connectivity index (χ0v) is 7.47. The lowest BCUT2D eigenvalue weighted by atomic mass is 10.4. The molecule has 0 spiro atoms. The minimum absolute atomic E-state index is 0.125. The molecule has 0 unspecified atom stereocenters. The van der Waals surface area contributed by atoms with Gasteiger partial charge >= 0.3 is 0 Å². The van der Waals surface area contributed by atoms with Gasteiger partial charge in [-0.25, -0.2) is 0 Å². The summed E-state index contributed by atoms with van der Waals surface area (Å²) in [5.74, 6) is -0.296. The van der Waals surface area contributed by atoms with Gasteiger partial charge in [0.1, 0.15) is 0 Å². The lowest BCUT2D eigenvalue weighted by Gasteiger charge is -1.79. The molecule has 0 aromatic heterocycles. The minimum atomic E-state index is -0.250. The molecule has 1 aliphatic rings. The summed E-state index contributed by atoms with van der Waals surface area (Å²) in [6, 6.07) is 0. The molecule has 4 N–H and O–H groups in total. The third kappa shape index (κ3) is 13.1. The van der Waals surface area contributed by atoms with Crippen molar-refractivity contribution in [2.45, 2.75) is 12.8 Å². The Balaban J connectivity index is 0. The fourth-order valence-corrected chi connectivity index (χ4v) is 0.508. The van der Waals surface area contributed by atoms with Crippen molar-refractivity contribution in [3.05, 3.63) is 0 Å². The van der Waals surface area contributed by atoms with Gasteiger partial charge in [-0.05, 0) is 0 Å². The van der Waals surface area contributed by atoms with E-state index in [4.69, 9.17) is 20.1 Å². The van der Waals surface area contributed by atoms with Gasteiger partial charge in [-0.15, -0.1) is 0 Å². The summed E-state index contributed by atoms with van der Waals surface area (Å²) in [5, 5.41) is 24.3. The van der Waals surface area contributed by atoms with Crippen molar-refractivity contribution in [2.75, 3.05) is 13.2 Å². The van der Waals surface area contributed by atoms with Crippen molar-refractivity contribution in [1.29, 1.82) is 0 Å². The minimum Gasteiger partial charge on any atom is -0.483 e. The molecule has 1 heterocycles. The molecule has 0 saturated carbocycles. The Hall–Kier alpha value is -1.47. The number of aliphatic hydroxyl groups excluding tert-OH is 2. The highest BCUT2D eigenvalue weighted by Gasteiger charge is 2.15. The maximum atomic E-state index is 10.1. The molecule has 14 heavy (non-hydrogen) atoms. The van der Waals surface area contributed by atoms with E-state index in [0.717, 1.165) is 0 Å². The van der Waals surface area contributed by atoms with Crippen LogP contribution in [0.5, 0.6) is 0 Å². The number of imide groups is 1. The second-order valence-corrected chi connectivity index (χ2v) is 2.02. The van der Waals surface area contributed by atoms with E-state index in [1.807, 2.05) is 0 Å². The Morgan fingerprint density at radius 1 is 1.14 bits per heavy atom. The van der Waals surface area contributed by atoms with Crippen LogP contribution in [-0.2, 0) is 14.4 Å². The molecule has 0 atom stereocenters. The molecule has 1 aliphatic heterocycles. The van der Waals surface area contributed by atoms with E-state index < -0.39 is 0 Å². The summed E-state index contributed by atoms with van der Waals surface area (Å²) in [7, 11) is 0. The normalized spacial score (nSPS) is 13.0. The van der Waals surface area contributed by atoms with Crippen LogP contribution >= 0.6 is 0 Å². The first-order valence-corrected chi connectivity index (χ1v) is 3.74. The van der Waals surface area contributed by atoms with Gasteiger partial charge in [0.2, 0.25) is 11.8 Å².